The molecule has 2 aromatic heterocycles. The fourth-order valence-corrected chi connectivity index (χ4v) is 3.15. The van der Waals surface area contributed by atoms with Crippen molar-refractivity contribution in [3.05, 3.63) is 35.8 Å². The molecule has 0 spiro atoms. The average Bonchev–Trinajstić information content (AvgIpc) is 2.81. The van der Waals surface area contributed by atoms with Crippen LogP contribution in [0, 0.1) is 6.92 Å². The Hall–Kier alpha value is -1.35. The van der Waals surface area contributed by atoms with Gasteiger partial charge in [-0.05, 0) is 57.9 Å². The van der Waals surface area contributed by atoms with Gasteiger partial charge in [0.25, 0.3) is 0 Å². The van der Waals surface area contributed by atoms with Crippen molar-refractivity contribution in [2.45, 2.75) is 52.1 Å². The van der Waals surface area contributed by atoms with E-state index >= 15 is 0 Å². The highest BCUT2D eigenvalue weighted by Crippen LogP contribution is 2.32. The summed E-state index contributed by atoms with van der Waals surface area (Å²) in [6.45, 7) is 7.90. The number of pyridine rings is 1. The summed E-state index contributed by atoms with van der Waals surface area (Å²) in [7, 11) is 0. The highest BCUT2D eigenvalue weighted by atomic mass is 15.2. The van der Waals surface area contributed by atoms with Gasteiger partial charge in [0.1, 0.15) is 5.65 Å². The first-order valence-electron chi connectivity index (χ1n) is 7.36. The maximum absolute atomic E-state index is 4.85. The van der Waals surface area contributed by atoms with Crippen LogP contribution in [-0.2, 0) is 0 Å². The maximum atomic E-state index is 4.85. The quantitative estimate of drug-likeness (QED) is 0.819. The molecule has 1 fully saturated rings. The van der Waals surface area contributed by atoms with E-state index in [1.165, 1.54) is 37.1 Å². The maximum Gasteiger partial charge on any atom is 0.137 e. The Morgan fingerprint density at radius 3 is 2.95 bits per heavy atom. The smallest absolute Gasteiger partial charge is 0.137 e. The first-order valence-corrected chi connectivity index (χ1v) is 7.36. The Labute approximate surface area is 115 Å². The normalized spacial score (nSPS) is 21.4. The van der Waals surface area contributed by atoms with Gasteiger partial charge in [-0.3, -0.25) is 4.90 Å². The van der Waals surface area contributed by atoms with E-state index in [0.29, 0.717) is 12.1 Å². The molecule has 0 radical (unpaired) electrons. The molecule has 3 nitrogen and oxygen atoms in total. The first kappa shape index (κ1) is 12.7. The summed E-state index contributed by atoms with van der Waals surface area (Å²) in [5.74, 6) is 0. The van der Waals surface area contributed by atoms with Crippen LogP contribution in [0.25, 0.3) is 5.65 Å². The Balaban J connectivity index is 1.97. The zero-order chi connectivity index (χ0) is 13.4. The third-order valence-electron chi connectivity index (χ3n) is 4.18. The van der Waals surface area contributed by atoms with E-state index in [0.717, 1.165) is 5.65 Å². The first-order chi connectivity index (χ1) is 9.15. The van der Waals surface area contributed by atoms with Crippen molar-refractivity contribution in [1.82, 2.24) is 14.3 Å². The van der Waals surface area contributed by atoms with Crippen molar-refractivity contribution in [1.29, 1.82) is 0 Å². The molecule has 3 rings (SSSR count). The highest BCUT2D eigenvalue weighted by molar-refractivity contribution is 5.43. The number of fused-ring (bicyclic) bond motifs is 1. The lowest BCUT2D eigenvalue weighted by molar-refractivity contribution is 0.109. The van der Waals surface area contributed by atoms with Crippen LogP contribution in [0.4, 0.5) is 0 Å². The molecule has 0 N–H and O–H groups in total. The Bertz CT molecular complexity index is 570. The van der Waals surface area contributed by atoms with Crippen molar-refractivity contribution in [2.24, 2.45) is 0 Å². The lowest BCUT2D eigenvalue weighted by atomic mass is 9.98. The molecule has 102 valence electrons. The molecule has 1 atom stereocenters. The van der Waals surface area contributed by atoms with Gasteiger partial charge < -0.3 is 4.40 Å². The third-order valence-corrected chi connectivity index (χ3v) is 4.18. The molecule has 2 aromatic rings. The molecular weight excluding hydrogens is 234 g/mol. The topological polar surface area (TPSA) is 20.5 Å². The number of hydrogen-bond donors (Lipinski definition) is 0. The van der Waals surface area contributed by atoms with E-state index in [1.807, 2.05) is 0 Å². The van der Waals surface area contributed by atoms with Gasteiger partial charge in [-0.1, -0.05) is 6.42 Å². The highest BCUT2D eigenvalue weighted by Gasteiger charge is 2.27. The lowest BCUT2D eigenvalue weighted by Gasteiger charge is -2.37. The number of aromatic nitrogens is 2. The summed E-state index contributed by atoms with van der Waals surface area (Å²) < 4.78 is 2.15. The minimum atomic E-state index is 0.494. The van der Waals surface area contributed by atoms with Crippen molar-refractivity contribution < 1.29 is 0 Å². The van der Waals surface area contributed by atoms with E-state index < -0.39 is 0 Å². The van der Waals surface area contributed by atoms with Crippen LogP contribution >= 0.6 is 0 Å². The number of likely N-dealkylation sites (tertiary alicyclic amines) is 1. The summed E-state index contributed by atoms with van der Waals surface area (Å²) in [6, 6.07) is 5.39. The zero-order valence-corrected chi connectivity index (χ0v) is 12.1. The molecule has 1 aliphatic rings. The van der Waals surface area contributed by atoms with Gasteiger partial charge in [0.2, 0.25) is 0 Å². The fourth-order valence-electron chi connectivity index (χ4n) is 3.15. The molecule has 0 aliphatic carbocycles. The zero-order valence-electron chi connectivity index (χ0n) is 12.1. The van der Waals surface area contributed by atoms with E-state index in [2.05, 4.69) is 54.6 Å². The summed E-state index contributed by atoms with van der Waals surface area (Å²) in [5, 5.41) is 0. The van der Waals surface area contributed by atoms with Gasteiger partial charge in [0.15, 0.2) is 0 Å². The number of piperidine rings is 1. The van der Waals surface area contributed by atoms with E-state index in [-0.39, 0.29) is 0 Å². The van der Waals surface area contributed by atoms with Crippen LogP contribution in [-0.4, -0.2) is 26.9 Å². The predicted octanol–water partition coefficient (Wildman–Crippen LogP) is 3.58. The van der Waals surface area contributed by atoms with Crippen LogP contribution in [0.5, 0.6) is 0 Å². The number of nitrogens with zero attached hydrogens (tertiary/aromatic N) is 3. The van der Waals surface area contributed by atoms with Crippen LogP contribution < -0.4 is 0 Å². The summed E-state index contributed by atoms with van der Waals surface area (Å²) in [4.78, 5) is 7.45. The predicted molar refractivity (Wildman–Crippen MR) is 78.4 cm³/mol. The second kappa shape index (κ2) is 4.97. The molecular formula is C16H23N3. The molecule has 3 heteroatoms. The van der Waals surface area contributed by atoms with E-state index in [1.54, 1.807) is 0 Å². The Kier molecular flexibility index (Phi) is 3.31. The molecule has 0 saturated carbocycles. The van der Waals surface area contributed by atoms with Gasteiger partial charge in [0, 0.05) is 18.4 Å². The van der Waals surface area contributed by atoms with Gasteiger partial charge in [-0.25, -0.2) is 4.98 Å². The molecule has 1 aliphatic heterocycles. The third kappa shape index (κ3) is 2.39. The van der Waals surface area contributed by atoms with E-state index in [9.17, 15) is 0 Å². The SMILES string of the molecule is Cc1ccn2cc(C3CCCCN3C(C)C)nc2c1. The molecule has 0 aromatic carbocycles. The largest absolute Gasteiger partial charge is 0.307 e. The molecule has 1 saturated heterocycles. The number of rotatable bonds is 2. The lowest BCUT2D eigenvalue weighted by Crippen LogP contribution is -2.38. The van der Waals surface area contributed by atoms with Crippen LogP contribution in [0.3, 0.4) is 0 Å². The van der Waals surface area contributed by atoms with Gasteiger partial charge in [-0.2, -0.15) is 0 Å². The van der Waals surface area contributed by atoms with Crippen molar-refractivity contribution in [2.75, 3.05) is 6.54 Å². The molecule has 19 heavy (non-hydrogen) atoms. The second-order valence-corrected chi connectivity index (χ2v) is 5.98. The van der Waals surface area contributed by atoms with Gasteiger partial charge in [0.05, 0.1) is 11.7 Å². The monoisotopic (exact) mass is 257 g/mol. The summed E-state index contributed by atoms with van der Waals surface area (Å²) >= 11 is 0. The minimum absolute atomic E-state index is 0.494. The number of imidazole rings is 1. The van der Waals surface area contributed by atoms with Gasteiger partial charge >= 0.3 is 0 Å². The Morgan fingerprint density at radius 2 is 2.16 bits per heavy atom. The number of hydrogen-bond acceptors (Lipinski definition) is 2. The van der Waals surface area contributed by atoms with Crippen molar-refractivity contribution in [3.63, 3.8) is 0 Å². The van der Waals surface area contributed by atoms with Crippen LogP contribution in [0.1, 0.15) is 50.4 Å². The molecule has 0 amide bonds. The number of aryl methyl sites for hydroxylation is 1. The van der Waals surface area contributed by atoms with Gasteiger partial charge in [-0.15, -0.1) is 0 Å². The van der Waals surface area contributed by atoms with Crippen molar-refractivity contribution >= 4 is 5.65 Å². The molecule has 0 bridgehead atoms. The molecule has 3 heterocycles. The minimum Gasteiger partial charge on any atom is -0.307 e. The summed E-state index contributed by atoms with van der Waals surface area (Å²) in [6.07, 6.45) is 8.20. The second-order valence-electron chi connectivity index (χ2n) is 5.98. The fraction of sp³-hybridized carbons (Fsp3) is 0.562. The standard InChI is InChI=1S/C16H23N3/c1-12(2)19-8-5-4-6-15(19)14-11-18-9-7-13(3)10-16(18)17-14/h7,9-12,15H,4-6,8H2,1-3H3. The van der Waals surface area contributed by atoms with Crippen LogP contribution in [0.15, 0.2) is 24.5 Å². The van der Waals surface area contributed by atoms with Crippen molar-refractivity contribution in [3.8, 4) is 0 Å². The Morgan fingerprint density at radius 1 is 1.32 bits per heavy atom. The summed E-state index contributed by atoms with van der Waals surface area (Å²) in [5.41, 5.74) is 3.58. The van der Waals surface area contributed by atoms with E-state index in [4.69, 9.17) is 4.98 Å². The van der Waals surface area contributed by atoms with Crippen LogP contribution in [0.2, 0.25) is 0 Å². The average molecular weight is 257 g/mol. The molecule has 1 unspecified atom stereocenters.